The quantitative estimate of drug-likeness (QED) is 0.741. The Balaban J connectivity index is 1.86. The largest absolute Gasteiger partial charge is 0.493 e. The highest BCUT2D eigenvalue weighted by Gasteiger charge is 2.35. The van der Waals surface area contributed by atoms with Gasteiger partial charge in [0.05, 0.1) is 7.11 Å². The van der Waals surface area contributed by atoms with E-state index in [9.17, 15) is 4.79 Å². The summed E-state index contributed by atoms with van der Waals surface area (Å²) < 4.78 is 12.6. The Morgan fingerprint density at radius 3 is 2.80 bits per heavy atom. The molecule has 0 radical (unpaired) electrons. The SMILES string of the molecule is C=C1CCC(=O)N1CC1c2ccccc2Oc2c(OC)ccc(Br)c21. The molecule has 0 bridgehead atoms. The first-order valence-electron chi connectivity index (χ1n) is 8.21. The zero-order chi connectivity index (χ0) is 17.6. The maximum atomic E-state index is 12.3. The molecule has 2 aromatic rings. The van der Waals surface area contributed by atoms with Gasteiger partial charge in [-0.25, -0.2) is 0 Å². The summed E-state index contributed by atoms with van der Waals surface area (Å²) in [5, 5.41) is 0. The molecule has 2 aliphatic rings. The monoisotopic (exact) mass is 399 g/mol. The van der Waals surface area contributed by atoms with Crippen molar-refractivity contribution in [2.45, 2.75) is 18.8 Å². The number of carbonyl (C=O) groups is 1. The number of amides is 1. The summed E-state index contributed by atoms with van der Waals surface area (Å²) in [5.74, 6) is 2.31. The number of nitrogens with zero attached hydrogens (tertiary/aromatic N) is 1. The maximum Gasteiger partial charge on any atom is 0.227 e. The van der Waals surface area contributed by atoms with Crippen molar-refractivity contribution in [3.63, 3.8) is 0 Å². The van der Waals surface area contributed by atoms with Crippen LogP contribution in [0.3, 0.4) is 0 Å². The average Bonchev–Trinajstić information content (AvgIpc) is 2.93. The predicted molar refractivity (Wildman–Crippen MR) is 99.1 cm³/mol. The second-order valence-electron chi connectivity index (χ2n) is 6.26. The van der Waals surface area contributed by atoms with Crippen LogP contribution in [-0.4, -0.2) is 24.5 Å². The van der Waals surface area contributed by atoms with Crippen molar-refractivity contribution in [2.75, 3.05) is 13.7 Å². The van der Waals surface area contributed by atoms with Gasteiger partial charge in [-0.2, -0.15) is 0 Å². The molecule has 1 saturated heterocycles. The molecule has 4 rings (SSSR count). The summed E-state index contributed by atoms with van der Waals surface area (Å²) in [6.07, 6.45) is 1.27. The smallest absolute Gasteiger partial charge is 0.227 e. The van der Waals surface area contributed by atoms with Crippen LogP contribution in [0.4, 0.5) is 0 Å². The van der Waals surface area contributed by atoms with Gasteiger partial charge in [-0.1, -0.05) is 40.7 Å². The summed E-state index contributed by atoms with van der Waals surface area (Å²) in [6, 6.07) is 11.8. The van der Waals surface area contributed by atoms with E-state index in [0.29, 0.717) is 24.5 Å². The number of allylic oxidation sites excluding steroid dienone is 1. The average molecular weight is 400 g/mol. The minimum absolute atomic E-state index is 0.0109. The molecule has 128 valence electrons. The number of ether oxygens (including phenoxy) is 2. The molecule has 0 saturated carbocycles. The zero-order valence-electron chi connectivity index (χ0n) is 13.9. The Morgan fingerprint density at radius 1 is 1.28 bits per heavy atom. The number of rotatable bonds is 3. The van der Waals surface area contributed by atoms with Gasteiger partial charge < -0.3 is 14.4 Å². The Hall–Kier alpha value is -2.27. The van der Waals surface area contributed by atoms with Gasteiger partial charge in [0.1, 0.15) is 5.75 Å². The molecule has 25 heavy (non-hydrogen) atoms. The van der Waals surface area contributed by atoms with Crippen LogP contribution >= 0.6 is 15.9 Å². The van der Waals surface area contributed by atoms with Gasteiger partial charge in [-0.15, -0.1) is 0 Å². The maximum absolute atomic E-state index is 12.3. The minimum Gasteiger partial charge on any atom is -0.493 e. The van der Waals surface area contributed by atoms with Gasteiger partial charge in [0.15, 0.2) is 11.5 Å². The molecule has 0 spiro atoms. The van der Waals surface area contributed by atoms with Crippen molar-refractivity contribution in [2.24, 2.45) is 0 Å². The lowest BCUT2D eigenvalue weighted by molar-refractivity contribution is -0.126. The molecule has 1 amide bonds. The van der Waals surface area contributed by atoms with E-state index in [-0.39, 0.29) is 11.8 Å². The van der Waals surface area contributed by atoms with E-state index in [1.54, 1.807) is 7.11 Å². The highest BCUT2D eigenvalue weighted by Crippen LogP contribution is 2.51. The zero-order valence-corrected chi connectivity index (χ0v) is 15.5. The van der Waals surface area contributed by atoms with Crippen LogP contribution in [-0.2, 0) is 4.79 Å². The molecule has 4 nitrogen and oxygen atoms in total. The number of halogens is 1. The minimum atomic E-state index is -0.0109. The van der Waals surface area contributed by atoms with Crippen LogP contribution in [0, 0.1) is 0 Å². The van der Waals surface area contributed by atoms with Crippen molar-refractivity contribution >= 4 is 21.8 Å². The van der Waals surface area contributed by atoms with E-state index in [1.165, 1.54) is 0 Å². The summed E-state index contributed by atoms with van der Waals surface area (Å²) in [5.41, 5.74) is 2.96. The van der Waals surface area contributed by atoms with Crippen LogP contribution < -0.4 is 9.47 Å². The summed E-state index contributed by atoms with van der Waals surface area (Å²) in [4.78, 5) is 14.1. The lowest BCUT2D eigenvalue weighted by Gasteiger charge is -2.32. The Morgan fingerprint density at radius 2 is 2.08 bits per heavy atom. The normalized spacial score (nSPS) is 18.6. The van der Waals surface area contributed by atoms with Crippen LogP contribution in [0.25, 0.3) is 0 Å². The van der Waals surface area contributed by atoms with Crippen molar-refractivity contribution < 1.29 is 14.3 Å². The van der Waals surface area contributed by atoms with Gasteiger partial charge in [-0.05, 0) is 24.6 Å². The van der Waals surface area contributed by atoms with Gasteiger partial charge in [-0.3, -0.25) is 4.79 Å². The fraction of sp³-hybridized carbons (Fsp3) is 0.250. The Bertz CT molecular complexity index is 861. The number of benzene rings is 2. The number of fused-ring (bicyclic) bond motifs is 2. The fourth-order valence-corrected chi connectivity index (χ4v) is 4.16. The topological polar surface area (TPSA) is 38.8 Å². The summed E-state index contributed by atoms with van der Waals surface area (Å²) >= 11 is 3.66. The number of para-hydroxylation sites is 1. The Labute approximate surface area is 155 Å². The number of methoxy groups -OCH3 is 1. The molecule has 0 aliphatic carbocycles. The standard InChI is InChI=1S/C20H18BrNO3/c1-12-7-10-18(23)22(12)11-14-13-5-3-4-6-16(13)25-20-17(24-2)9-8-15(21)19(14)20/h3-6,8-9,14H,1,7,10-11H2,2H3. The molecule has 5 heteroatoms. The molecule has 0 N–H and O–H groups in total. The molecule has 1 unspecified atom stereocenters. The van der Waals surface area contributed by atoms with Crippen molar-refractivity contribution in [1.29, 1.82) is 0 Å². The number of carbonyl (C=O) groups excluding carboxylic acids is 1. The molecule has 2 aliphatic heterocycles. The van der Waals surface area contributed by atoms with Gasteiger partial charge in [0, 0.05) is 40.2 Å². The molecule has 1 atom stereocenters. The molecule has 0 aromatic heterocycles. The van der Waals surface area contributed by atoms with Crippen molar-refractivity contribution in [1.82, 2.24) is 4.90 Å². The first kappa shape index (κ1) is 16.2. The third-order valence-electron chi connectivity index (χ3n) is 4.86. The van der Waals surface area contributed by atoms with Gasteiger partial charge in [0.2, 0.25) is 5.91 Å². The number of hydrogen-bond donors (Lipinski definition) is 0. The third kappa shape index (κ3) is 2.63. The molecule has 2 heterocycles. The van der Waals surface area contributed by atoms with Gasteiger partial charge in [0.25, 0.3) is 0 Å². The summed E-state index contributed by atoms with van der Waals surface area (Å²) in [7, 11) is 1.63. The fourth-order valence-electron chi connectivity index (χ4n) is 3.57. The lowest BCUT2D eigenvalue weighted by Crippen LogP contribution is -2.30. The van der Waals surface area contributed by atoms with E-state index in [0.717, 1.165) is 33.5 Å². The second-order valence-corrected chi connectivity index (χ2v) is 7.11. The first-order chi connectivity index (χ1) is 12.1. The van der Waals surface area contributed by atoms with Gasteiger partial charge >= 0.3 is 0 Å². The molecule has 1 fully saturated rings. The van der Waals surface area contributed by atoms with E-state index < -0.39 is 0 Å². The van der Waals surface area contributed by atoms with E-state index >= 15 is 0 Å². The highest BCUT2D eigenvalue weighted by atomic mass is 79.9. The summed E-state index contributed by atoms with van der Waals surface area (Å²) in [6.45, 7) is 4.61. The van der Waals surface area contributed by atoms with E-state index in [4.69, 9.17) is 9.47 Å². The predicted octanol–water partition coefficient (Wildman–Crippen LogP) is 4.83. The van der Waals surface area contributed by atoms with Crippen LogP contribution in [0.2, 0.25) is 0 Å². The molecular formula is C20H18BrNO3. The van der Waals surface area contributed by atoms with Crippen LogP contribution in [0.5, 0.6) is 17.2 Å². The van der Waals surface area contributed by atoms with Crippen molar-refractivity contribution in [3.8, 4) is 17.2 Å². The van der Waals surface area contributed by atoms with E-state index in [1.807, 2.05) is 35.2 Å². The number of likely N-dealkylation sites (tertiary alicyclic amines) is 1. The van der Waals surface area contributed by atoms with Crippen LogP contribution in [0.15, 0.2) is 53.1 Å². The van der Waals surface area contributed by atoms with Crippen LogP contribution in [0.1, 0.15) is 29.9 Å². The van der Waals surface area contributed by atoms with Crippen molar-refractivity contribution in [3.05, 3.63) is 64.3 Å². The first-order valence-corrected chi connectivity index (χ1v) is 9.00. The van der Waals surface area contributed by atoms with E-state index in [2.05, 4.69) is 28.6 Å². The third-order valence-corrected chi connectivity index (χ3v) is 5.55. The Kier molecular flexibility index (Phi) is 4.04. The molecular weight excluding hydrogens is 382 g/mol. The highest BCUT2D eigenvalue weighted by molar-refractivity contribution is 9.10. The second kappa shape index (κ2) is 6.23. The lowest BCUT2D eigenvalue weighted by atomic mass is 9.87. The molecule has 2 aromatic carbocycles. The number of hydrogen-bond acceptors (Lipinski definition) is 3.